The third kappa shape index (κ3) is 4.67. The van der Waals surface area contributed by atoms with Crippen molar-refractivity contribution in [1.82, 2.24) is 0 Å². The van der Waals surface area contributed by atoms with Crippen LogP contribution in [0.2, 0.25) is 0 Å². The molecule has 0 aromatic heterocycles. The molecule has 1 aromatic rings. The van der Waals surface area contributed by atoms with Gasteiger partial charge in [-0.15, -0.1) is 0 Å². The molecule has 0 heterocycles. The lowest BCUT2D eigenvalue weighted by Gasteiger charge is -2.20. The number of ether oxygens (including phenoxy) is 1. The highest BCUT2D eigenvalue weighted by molar-refractivity contribution is 5.85. The molecule has 116 valence electrons. The van der Waals surface area contributed by atoms with Crippen LogP contribution >= 0.6 is 0 Å². The normalized spacial score (nSPS) is 12.7. The minimum atomic E-state index is -1.54. The van der Waals surface area contributed by atoms with Crippen LogP contribution in [0.15, 0.2) is 12.1 Å². The van der Waals surface area contributed by atoms with Gasteiger partial charge in [-0.3, -0.25) is 10.1 Å². The molecule has 1 aromatic carbocycles. The van der Waals surface area contributed by atoms with Crippen molar-refractivity contribution in [1.29, 1.82) is 0 Å². The molecule has 6 nitrogen and oxygen atoms in total. The van der Waals surface area contributed by atoms with Crippen molar-refractivity contribution in [2.75, 3.05) is 5.32 Å². The number of anilines is 1. The predicted octanol–water partition coefficient (Wildman–Crippen LogP) is 2.40. The largest absolute Gasteiger partial charge is 0.480 e. The molecule has 1 unspecified atom stereocenters. The molecule has 0 fully saturated rings. The van der Waals surface area contributed by atoms with Crippen molar-refractivity contribution in [2.45, 2.75) is 32.4 Å². The van der Waals surface area contributed by atoms with Crippen LogP contribution in [0.5, 0.6) is 0 Å². The summed E-state index contributed by atoms with van der Waals surface area (Å²) in [7, 11) is 0. The van der Waals surface area contributed by atoms with E-state index < -0.39 is 41.0 Å². The second kappa shape index (κ2) is 6.04. The van der Waals surface area contributed by atoms with E-state index in [1.807, 2.05) is 5.32 Å². The van der Waals surface area contributed by atoms with Crippen LogP contribution in [0.4, 0.5) is 19.3 Å². The van der Waals surface area contributed by atoms with Crippen LogP contribution in [0.3, 0.4) is 0 Å². The number of aliphatic carboxylic acids is 1. The average molecular weight is 302 g/mol. The number of nitrogens with one attached hydrogen (secondary N) is 1. The molecule has 0 aliphatic heterocycles. The van der Waals surface area contributed by atoms with Gasteiger partial charge in [-0.05, 0) is 38.5 Å². The predicted molar refractivity (Wildman–Crippen MR) is 70.8 cm³/mol. The third-order valence-electron chi connectivity index (χ3n) is 2.31. The van der Waals surface area contributed by atoms with Gasteiger partial charge in [-0.25, -0.2) is 13.6 Å². The summed E-state index contributed by atoms with van der Waals surface area (Å²) < 4.78 is 31.9. The fraction of sp³-hybridized carbons (Fsp3) is 0.385. The lowest BCUT2D eigenvalue weighted by atomic mass is 10.1. The topological polar surface area (TPSA) is 102 Å². The van der Waals surface area contributed by atoms with Gasteiger partial charge in [0.2, 0.25) is 0 Å². The maximum atomic E-state index is 13.6. The van der Waals surface area contributed by atoms with Crippen LogP contribution in [-0.2, 0) is 9.53 Å². The van der Waals surface area contributed by atoms with Gasteiger partial charge in [0.05, 0.1) is 5.69 Å². The highest BCUT2D eigenvalue weighted by Crippen LogP contribution is 2.24. The summed E-state index contributed by atoms with van der Waals surface area (Å²) in [5.41, 5.74) is 3.77. The Hall–Kier alpha value is -2.22. The molecule has 21 heavy (non-hydrogen) atoms. The van der Waals surface area contributed by atoms with Gasteiger partial charge < -0.3 is 15.6 Å². The SMILES string of the molecule is CC(C)(C)OC(=O)Nc1cc(C(N)C(=O)O)cc(F)c1F. The van der Waals surface area contributed by atoms with Crippen molar-refractivity contribution >= 4 is 17.7 Å². The molecule has 1 rings (SSSR count). The smallest absolute Gasteiger partial charge is 0.412 e. The van der Waals surface area contributed by atoms with E-state index in [0.717, 1.165) is 6.07 Å². The molecule has 1 atom stereocenters. The summed E-state index contributed by atoms with van der Waals surface area (Å²) in [6.45, 7) is 4.79. The maximum Gasteiger partial charge on any atom is 0.412 e. The van der Waals surface area contributed by atoms with E-state index in [4.69, 9.17) is 15.6 Å². The first kappa shape index (κ1) is 16.8. The van der Waals surface area contributed by atoms with Crippen molar-refractivity contribution in [3.8, 4) is 0 Å². The lowest BCUT2D eigenvalue weighted by Crippen LogP contribution is -2.28. The molecular formula is C13H16F2N2O4. The van der Waals surface area contributed by atoms with Crippen molar-refractivity contribution in [3.63, 3.8) is 0 Å². The van der Waals surface area contributed by atoms with Crippen LogP contribution in [0.25, 0.3) is 0 Å². The Morgan fingerprint density at radius 1 is 1.33 bits per heavy atom. The zero-order valence-electron chi connectivity index (χ0n) is 11.7. The minimum Gasteiger partial charge on any atom is -0.480 e. The fourth-order valence-corrected chi connectivity index (χ4v) is 1.44. The molecule has 0 aliphatic carbocycles. The molecule has 1 amide bonds. The van der Waals surface area contributed by atoms with E-state index >= 15 is 0 Å². The van der Waals surface area contributed by atoms with Crippen LogP contribution < -0.4 is 11.1 Å². The first-order valence-electron chi connectivity index (χ1n) is 5.98. The van der Waals surface area contributed by atoms with E-state index in [-0.39, 0.29) is 5.56 Å². The van der Waals surface area contributed by atoms with Crippen molar-refractivity contribution < 1.29 is 28.2 Å². The highest BCUT2D eigenvalue weighted by atomic mass is 19.2. The molecule has 0 bridgehead atoms. The van der Waals surface area contributed by atoms with E-state index in [2.05, 4.69) is 0 Å². The summed E-state index contributed by atoms with van der Waals surface area (Å²) in [4.78, 5) is 22.3. The summed E-state index contributed by atoms with van der Waals surface area (Å²) in [5.74, 6) is -4.07. The van der Waals surface area contributed by atoms with Gasteiger partial charge >= 0.3 is 12.1 Å². The molecule has 0 saturated carbocycles. The minimum absolute atomic E-state index is 0.188. The number of amides is 1. The van der Waals surface area contributed by atoms with E-state index in [1.54, 1.807) is 20.8 Å². The van der Waals surface area contributed by atoms with E-state index in [0.29, 0.717) is 6.07 Å². The highest BCUT2D eigenvalue weighted by Gasteiger charge is 2.22. The van der Waals surface area contributed by atoms with E-state index in [9.17, 15) is 18.4 Å². The number of nitrogens with two attached hydrogens (primary N) is 1. The number of hydrogen-bond donors (Lipinski definition) is 3. The van der Waals surface area contributed by atoms with Crippen LogP contribution in [-0.4, -0.2) is 22.8 Å². The number of benzene rings is 1. The Morgan fingerprint density at radius 2 is 1.90 bits per heavy atom. The van der Waals surface area contributed by atoms with Crippen LogP contribution in [0.1, 0.15) is 32.4 Å². The summed E-state index contributed by atoms with van der Waals surface area (Å²) in [6, 6.07) is 0.0643. The number of carbonyl (C=O) groups excluding carboxylic acids is 1. The van der Waals surface area contributed by atoms with Gasteiger partial charge in [0.25, 0.3) is 0 Å². The molecule has 0 saturated heterocycles. The Morgan fingerprint density at radius 3 is 2.38 bits per heavy atom. The van der Waals surface area contributed by atoms with Crippen molar-refractivity contribution in [2.24, 2.45) is 5.73 Å². The number of hydrogen-bond acceptors (Lipinski definition) is 4. The first-order valence-corrected chi connectivity index (χ1v) is 5.98. The van der Waals surface area contributed by atoms with Crippen molar-refractivity contribution in [3.05, 3.63) is 29.3 Å². The molecule has 8 heteroatoms. The Kier molecular flexibility index (Phi) is 4.84. The number of rotatable bonds is 3. The molecule has 0 spiro atoms. The maximum absolute atomic E-state index is 13.6. The van der Waals surface area contributed by atoms with Gasteiger partial charge in [-0.2, -0.15) is 0 Å². The average Bonchev–Trinajstić information content (AvgIpc) is 2.31. The first-order chi connectivity index (χ1) is 9.51. The summed E-state index contributed by atoms with van der Waals surface area (Å²) in [5, 5.41) is 10.8. The van der Waals surface area contributed by atoms with Crippen LogP contribution in [0, 0.1) is 11.6 Å². The van der Waals surface area contributed by atoms with E-state index in [1.165, 1.54) is 0 Å². The second-order valence-corrected chi connectivity index (χ2v) is 5.31. The molecule has 0 aliphatic rings. The zero-order valence-corrected chi connectivity index (χ0v) is 11.7. The van der Waals surface area contributed by atoms with Gasteiger partial charge in [0.15, 0.2) is 11.6 Å². The number of carboxylic acid groups (broad SMARTS) is 1. The quantitative estimate of drug-likeness (QED) is 0.795. The lowest BCUT2D eigenvalue weighted by molar-refractivity contribution is -0.138. The summed E-state index contributed by atoms with van der Waals surface area (Å²) >= 11 is 0. The van der Waals surface area contributed by atoms with Gasteiger partial charge in [0.1, 0.15) is 11.6 Å². The Bertz CT molecular complexity index is 570. The number of carbonyl (C=O) groups is 2. The monoisotopic (exact) mass is 302 g/mol. The fourth-order valence-electron chi connectivity index (χ4n) is 1.44. The molecule has 0 radical (unpaired) electrons. The summed E-state index contributed by atoms with van der Waals surface area (Å²) in [6.07, 6.45) is -0.998. The standard InChI is InChI=1S/C13H16F2N2O4/c1-13(2,3)21-12(20)17-8-5-6(10(16)11(18)19)4-7(14)9(8)15/h4-5,10H,16H2,1-3H3,(H,17,20)(H,18,19). The molecular weight excluding hydrogens is 286 g/mol. The second-order valence-electron chi connectivity index (χ2n) is 5.31. The van der Waals surface area contributed by atoms with Gasteiger partial charge in [-0.1, -0.05) is 0 Å². The van der Waals surface area contributed by atoms with Gasteiger partial charge in [0, 0.05) is 0 Å². The third-order valence-corrected chi connectivity index (χ3v) is 2.31. The Labute approximate surface area is 119 Å². The Balaban J connectivity index is 3.07. The number of carboxylic acids is 1. The zero-order chi connectivity index (χ0) is 16.4. The molecule has 4 N–H and O–H groups in total. The number of halogens is 2.